The van der Waals surface area contributed by atoms with Gasteiger partial charge in [-0.1, -0.05) is 181 Å². The van der Waals surface area contributed by atoms with Crippen molar-refractivity contribution >= 4 is 60.3 Å². The third-order valence-corrected chi connectivity index (χ3v) is 13.3. The predicted molar refractivity (Wildman–Crippen MR) is 174 cm³/mol. The molecule has 2 unspecified atom stereocenters. The van der Waals surface area contributed by atoms with Gasteiger partial charge in [-0.25, -0.2) is 0 Å². The monoisotopic (exact) mass is 636 g/mol. The van der Waals surface area contributed by atoms with Crippen LogP contribution in [0.1, 0.15) is 0 Å². The first-order chi connectivity index (χ1) is 19.1. The second-order valence-corrected chi connectivity index (χ2v) is 15.5. The molecule has 200 valence electrons. The van der Waals surface area contributed by atoms with Crippen LogP contribution in [0.2, 0.25) is 0 Å². The SMILES string of the molecule is ClC(Cl)(C1C=CC=C1P(c1ccccc1)c1ccccc1)C1C=CC=C1P(c1ccccc1)c1ccccc1.[Fe]. The van der Waals surface area contributed by atoms with Crippen LogP contribution in [0.25, 0.3) is 0 Å². The first kappa shape index (κ1) is 29.3. The van der Waals surface area contributed by atoms with Crippen LogP contribution in [0.4, 0.5) is 0 Å². The van der Waals surface area contributed by atoms with Crippen molar-refractivity contribution in [1.82, 2.24) is 0 Å². The molecule has 0 N–H and O–H groups in total. The number of hydrogen-bond acceptors (Lipinski definition) is 0. The molecule has 0 bridgehead atoms. The molecule has 0 spiro atoms. The molecule has 0 aromatic heterocycles. The molecule has 6 rings (SSSR count). The van der Waals surface area contributed by atoms with E-state index >= 15 is 0 Å². The Balaban J connectivity index is 0.00000323. The molecule has 2 atom stereocenters. The summed E-state index contributed by atoms with van der Waals surface area (Å²) in [6, 6.07) is 43.1. The van der Waals surface area contributed by atoms with E-state index in [1.54, 1.807) is 0 Å². The van der Waals surface area contributed by atoms with Gasteiger partial charge >= 0.3 is 0 Å². The van der Waals surface area contributed by atoms with Crippen molar-refractivity contribution in [3.8, 4) is 0 Å². The quantitative estimate of drug-likeness (QED) is 0.103. The molecule has 0 heterocycles. The fourth-order valence-corrected chi connectivity index (χ4v) is 11.8. The van der Waals surface area contributed by atoms with Crippen molar-refractivity contribution in [3.05, 3.63) is 168 Å². The molecule has 40 heavy (non-hydrogen) atoms. The van der Waals surface area contributed by atoms with Gasteiger partial charge in [-0.3, -0.25) is 0 Å². The molecular formula is C35H28Cl2FeP2. The van der Waals surface area contributed by atoms with Crippen LogP contribution in [-0.2, 0) is 17.1 Å². The summed E-state index contributed by atoms with van der Waals surface area (Å²) in [5.74, 6) is -0.237. The molecule has 2 aliphatic rings. The number of benzene rings is 4. The van der Waals surface area contributed by atoms with Crippen molar-refractivity contribution in [2.75, 3.05) is 0 Å². The van der Waals surface area contributed by atoms with E-state index < -0.39 is 20.2 Å². The maximum Gasteiger partial charge on any atom is 0.138 e. The van der Waals surface area contributed by atoms with Crippen molar-refractivity contribution in [2.24, 2.45) is 11.8 Å². The maximum absolute atomic E-state index is 7.58. The number of rotatable bonds is 8. The van der Waals surface area contributed by atoms with Gasteiger partial charge in [0.1, 0.15) is 4.33 Å². The summed E-state index contributed by atoms with van der Waals surface area (Å²) >= 11 is 15.2. The molecule has 4 aromatic carbocycles. The molecule has 0 radical (unpaired) electrons. The first-order valence-corrected chi connectivity index (χ1v) is 16.5. The molecule has 4 aromatic rings. The Kier molecular flexibility index (Phi) is 9.66. The third-order valence-electron chi connectivity index (χ3n) is 7.18. The Hall–Kier alpha value is -2.20. The van der Waals surface area contributed by atoms with Gasteiger partial charge < -0.3 is 0 Å². The average Bonchev–Trinajstić information content (AvgIpc) is 3.67. The van der Waals surface area contributed by atoms with Gasteiger partial charge in [0.2, 0.25) is 0 Å². The van der Waals surface area contributed by atoms with E-state index in [4.69, 9.17) is 23.2 Å². The molecule has 0 saturated carbocycles. The van der Waals surface area contributed by atoms with Crippen LogP contribution >= 0.6 is 39.0 Å². The van der Waals surface area contributed by atoms with Crippen molar-refractivity contribution in [3.63, 3.8) is 0 Å². The Morgan fingerprint density at radius 3 is 1.00 bits per heavy atom. The maximum atomic E-state index is 7.58. The van der Waals surface area contributed by atoms with Crippen LogP contribution in [0, 0.1) is 11.8 Å². The van der Waals surface area contributed by atoms with Crippen molar-refractivity contribution in [1.29, 1.82) is 0 Å². The van der Waals surface area contributed by atoms with E-state index in [2.05, 4.69) is 158 Å². The minimum Gasteiger partial charge on any atom is -0.0996 e. The largest absolute Gasteiger partial charge is 0.138 e. The minimum atomic E-state index is -1.05. The van der Waals surface area contributed by atoms with E-state index in [-0.39, 0.29) is 28.9 Å². The summed E-state index contributed by atoms with van der Waals surface area (Å²) in [6.07, 6.45) is 13.2. The fraction of sp³-hybridized carbons (Fsp3) is 0.0857. The van der Waals surface area contributed by atoms with Gasteiger partial charge in [0.15, 0.2) is 0 Å². The summed E-state index contributed by atoms with van der Waals surface area (Å²) in [5.41, 5.74) is 0. The van der Waals surface area contributed by atoms with Crippen LogP contribution in [0.15, 0.2) is 168 Å². The van der Waals surface area contributed by atoms with E-state index in [9.17, 15) is 0 Å². The predicted octanol–water partition coefficient (Wildman–Crippen LogP) is 8.56. The number of halogens is 2. The van der Waals surface area contributed by atoms with Crippen LogP contribution in [-0.4, -0.2) is 4.33 Å². The summed E-state index contributed by atoms with van der Waals surface area (Å²) in [5, 5.41) is 7.78. The normalized spacial score (nSPS) is 18.1. The first-order valence-electron chi connectivity index (χ1n) is 13.1. The average molecular weight is 637 g/mol. The molecule has 0 amide bonds. The fourth-order valence-electron chi connectivity index (χ4n) is 5.41. The van der Waals surface area contributed by atoms with Crippen molar-refractivity contribution in [2.45, 2.75) is 4.33 Å². The second kappa shape index (κ2) is 13.2. The van der Waals surface area contributed by atoms with Gasteiger partial charge in [-0.2, -0.15) is 0 Å². The molecular weight excluding hydrogens is 609 g/mol. The van der Waals surface area contributed by atoms with Gasteiger partial charge in [-0.15, -0.1) is 0 Å². The molecule has 0 fully saturated rings. The van der Waals surface area contributed by atoms with E-state index in [0.717, 1.165) is 0 Å². The minimum absolute atomic E-state index is 0. The summed E-state index contributed by atoms with van der Waals surface area (Å²) in [6.45, 7) is 0. The number of hydrogen-bond donors (Lipinski definition) is 0. The molecule has 5 heteroatoms. The van der Waals surface area contributed by atoms with Crippen LogP contribution in [0.3, 0.4) is 0 Å². The van der Waals surface area contributed by atoms with E-state index in [1.807, 2.05) is 0 Å². The van der Waals surface area contributed by atoms with E-state index in [1.165, 1.54) is 31.8 Å². The van der Waals surface area contributed by atoms with Crippen LogP contribution < -0.4 is 21.2 Å². The third kappa shape index (κ3) is 5.89. The van der Waals surface area contributed by atoms with Crippen LogP contribution in [0.5, 0.6) is 0 Å². The Bertz CT molecular complexity index is 1340. The Morgan fingerprint density at radius 1 is 0.450 bits per heavy atom. The summed E-state index contributed by atoms with van der Waals surface area (Å²) in [4.78, 5) is 0. The summed E-state index contributed by atoms with van der Waals surface area (Å²) in [7, 11) is -1.59. The molecule has 0 aliphatic heterocycles. The number of alkyl halides is 2. The summed E-state index contributed by atoms with van der Waals surface area (Å²) < 4.78 is -1.05. The van der Waals surface area contributed by atoms with Gasteiger partial charge in [0.25, 0.3) is 0 Å². The molecule has 2 aliphatic carbocycles. The molecule has 0 saturated heterocycles. The second-order valence-electron chi connectivity index (χ2n) is 9.60. The smallest absolute Gasteiger partial charge is 0.0996 e. The van der Waals surface area contributed by atoms with Crippen molar-refractivity contribution < 1.29 is 17.1 Å². The zero-order valence-electron chi connectivity index (χ0n) is 21.7. The Morgan fingerprint density at radius 2 is 0.725 bits per heavy atom. The standard InChI is InChI=1S/C35H28Cl2P2.Fe/c36-35(37,31-23-13-25-33(31)38(27-15-5-1-6-16-27)28-17-7-2-8-18-28)32-24-14-26-34(32)39(29-19-9-3-10-20-29)30-21-11-4-12-22-30;/h1-26,31-32H;. The topological polar surface area (TPSA) is 0 Å². The number of allylic oxidation sites excluding steroid dienone is 8. The van der Waals surface area contributed by atoms with Gasteiger partial charge in [0.05, 0.1) is 0 Å². The Labute approximate surface area is 260 Å². The zero-order valence-corrected chi connectivity index (χ0v) is 26.1. The molecule has 0 nitrogen and oxygen atoms in total. The van der Waals surface area contributed by atoms with Gasteiger partial charge in [0, 0.05) is 28.9 Å². The zero-order chi connectivity index (χ0) is 26.7. The van der Waals surface area contributed by atoms with Gasteiger partial charge in [-0.05, 0) is 47.7 Å². The van der Waals surface area contributed by atoms with E-state index in [0.29, 0.717) is 0 Å².